The summed E-state index contributed by atoms with van der Waals surface area (Å²) in [5, 5.41) is 3.61. The minimum Gasteiger partial charge on any atom is -0.421 e. The molecule has 0 aromatic heterocycles. The number of benzene rings is 6. The van der Waals surface area contributed by atoms with Gasteiger partial charge in [-0.15, -0.1) is 0 Å². The summed E-state index contributed by atoms with van der Waals surface area (Å²) in [7, 11) is 0. The molecule has 2 aliphatic carbocycles. The SMILES string of the molecule is Cc1ccc2c(c1)C(OC(=O)c1ccc3ccccc3c1)=C1C(=O)c3ccccc3C(OC(=O)c3ccc4ccccc4c3)=C1C2=O. The fourth-order valence-electron chi connectivity index (χ4n) is 6.27. The number of rotatable bonds is 4. The van der Waals surface area contributed by atoms with Crippen molar-refractivity contribution in [2.24, 2.45) is 0 Å². The van der Waals surface area contributed by atoms with Crippen LogP contribution in [0.2, 0.25) is 0 Å². The van der Waals surface area contributed by atoms with Crippen molar-refractivity contribution in [2.45, 2.75) is 6.92 Å². The van der Waals surface area contributed by atoms with Crippen LogP contribution in [0, 0.1) is 6.92 Å². The molecule has 0 radical (unpaired) electrons. The zero-order valence-electron chi connectivity index (χ0n) is 25.1. The molecule has 6 aromatic carbocycles. The highest BCUT2D eigenvalue weighted by Crippen LogP contribution is 2.45. The molecular formula is C41H24O6. The number of carbonyl (C=O) groups is 4. The van der Waals surface area contributed by atoms with Gasteiger partial charge in [-0.05, 0) is 58.8 Å². The molecule has 0 bridgehead atoms. The zero-order valence-corrected chi connectivity index (χ0v) is 25.1. The molecule has 0 amide bonds. The van der Waals surface area contributed by atoms with Crippen molar-refractivity contribution in [3.05, 3.63) is 177 Å². The number of fused-ring (bicyclic) bond motifs is 5. The summed E-state index contributed by atoms with van der Waals surface area (Å²) in [6.07, 6.45) is 0. The minimum absolute atomic E-state index is 0.0600. The van der Waals surface area contributed by atoms with Crippen LogP contribution in [0.15, 0.2) is 139 Å². The van der Waals surface area contributed by atoms with Crippen molar-refractivity contribution in [1.29, 1.82) is 0 Å². The van der Waals surface area contributed by atoms with Crippen LogP contribution < -0.4 is 0 Å². The first-order valence-corrected chi connectivity index (χ1v) is 15.1. The van der Waals surface area contributed by atoms with E-state index in [1.165, 1.54) is 0 Å². The first-order valence-electron chi connectivity index (χ1n) is 15.1. The van der Waals surface area contributed by atoms with Gasteiger partial charge >= 0.3 is 11.9 Å². The molecule has 0 unspecified atom stereocenters. The summed E-state index contributed by atoms with van der Waals surface area (Å²) >= 11 is 0. The first kappa shape index (κ1) is 28.1. The second-order valence-corrected chi connectivity index (χ2v) is 11.6. The Hall–Kier alpha value is -6.40. The normalized spacial score (nSPS) is 13.7. The van der Waals surface area contributed by atoms with Crippen LogP contribution in [-0.2, 0) is 9.47 Å². The molecule has 6 nitrogen and oxygen atoms in total. The number of allylic oxidation sites excluding steroid dienone is 2. The van der Waals surface area contributed by atoms with Crippen LogP contribution in [-0.4, -0.2) is 23.5 Å². The highest BCUT2D eigenvalue weighted by molar-refractivity contribution is 6.34. The Morgan fingerprint density at radius 1 is 0.447 bits per heavy atom. The summed E-state index contributed by atoms with van der Waals surface area (Å²) in [6, 6.07) is 37.4. The Kier molecular flexibility index (Phi) is 6.51. The lowest BCUT2D eigenvalue weighted by atomic mass is 9.76. The van der Waals surface area contributed by atoms with Crippen molar-refractivity contribution in [1.82, 2.24) is 0 Å². The molecule has 0 saturated heterocycles. The third-order valence-corrected chi connectivity index (χ3v) is 8.60. The van der Waals surface area contributed by atoms with Crippen molar-refractivity contribution < 1.29 is 28.7 Å². The van der Waals surface area contributed by atoms with Gasteiger partial charge < -0.3 is 9.47 Å². The number of aryl methyl sites for hydroxylation is 1. The number of ketones is 2. The van der Waals surface area contributed by atoms with Gasteiger partial charge in [0.15, 0.2) is 23.1 Å². The molecule has 2 aliphatic rings. The Labute approximate surface area is 269 Å². The Bertz CT molecular complexity index is 2440. The van der Waals surface area contributed by atoms with Crippen LogP contribution in [0.25, 0.3) is 33.1 Å². The third-order valence-electron chi connectivity index (χ3n) is 8.60. The molecule has 0 N–H and O–H groups in total. The lowest BCUT2D eigenvalue weighted by Gasteiger charge is -2.29. The summed E-state index contributed by atoms with van der Waals surface area (Å²) in [5.74, 6) is -2.54. The van der Waals surface area contributed by atoms with Gasteiger partial charge in [-0.2, -0.15) is 0 Å². The van der Waals surface area contributed by atoms with Gasteiger partial charge in [0.1, 0.15) is 0 Å². The number of Topliss-reactive ketones (excluding diaryl/α,β-unsaturated/α-hetero) is 2. The van der Waals surface area contributed by atoms with Crippen molar-refractivity contribution in [2.75, 3.05) is 0 Å². The maximum Gasteiger partial charge on any atom is 0.343 e. The second kappa shape index (κ2) is 10.9. The molecule has 6 heteroatoms. The molecule has 6 aromatic rings. The van der Waals surface area contributed by atoms with E-state index in [0.717, 1.165) is 27.1 Å². The highest BCUT2D eigenvalue weighted by Gasteiger charge is 2.43. The fourth-order valence-corrected chi connectivity index (χ4v) is 6.27. The Morgan fingerprint density at radius 3 is 1.45 bits per heavy atom. The predicted molar refractivity (Wildman–Crippen MR) is 179 cm³/mol. The number of hydrogen-bond donors (Lipinski definition) is 0. The topological polar surface area (TPSA) is 86.7 Å². The number of esters is 2. The molecule has 0 atom stereocenters. The molecule has 0 saturated carbocycles. The average Bonchev–Trinajstić information content (AvgIpc) is 3.10. The van der Waals surface area contributed by atoms with Gasteiger partial charge in [0.05, 0.1) is 22.3 Å². The lowest BCUT2D eigenvalue weighted by molar-refractivity contribution is 0.0672. The predicted octanol–water partition coefficient (Wildman–Crippen LogP) is 8.53. The van der Waals surface area contributed by atoms with Crippen molar-refractivity contribution >= 4 is 56.6 Å². The van der Waals surface area contributed by atoms with Crippen LogP contribution in [0.5, 0.6) is 0 Å². The van der Waals surface area contributed by atoms with Crippen LogP contribution in [0.1, 0.15) is 58.1 Å². The minimum atomic E-state index is -0.695. The van der Waals surface area contributed by atoms with E-state index in [2.05, 4.69) is 0 Å². The monoisotopic (exact) mass is 612 g/mol. The van der Waals surface area contributed by atoms with Crippen molar-refractivity contribution in [3.63, 3.8) is 0 Å². The summed E-state index contributed by atoms with van der Waals surface area (Å²) in [4.78, 5) is 56.0. The molecule has 0 fully saturated rings. The summed E-state index contributed by atoms with van der Waals surface area (Å²) < 4.78 is 12.1. The standard InChI is InChI=1S/C41H24O6/c1-23-14-19-31-33(20-23)39(47-41(45)29-18-16-25-9-3-5-11-27(25)22-29)35-34(37(31)43)38(32-13-7-6-12-30(32)36(35)42)46-40(44)28-17-15-24-8-2-4-10-26(24)21-28/h2-22H,1H3. The number of ether oxygens (including phenoxy) is 2. The quantitative estimate of drug-likeness (QED) is 0.186. The van der Waals surface area contributed by atoms with E-state index in [-0.39, 0.29) is 44.9 Å². The molecule has 47 heavy (non-hydrogen) atoms. The number of carbonyl (C=O) groups excluding carboxylic acids is 4. The smallest absolute Gasteiger partial charge is 0.343 e. The second-order valence-electron chi connectivity index (χ2n) is 11.6. The van der Waals surface area contributed by atoms with Gasteiger partial charge in [-0.1, -0.05) is 103 Å². The molecule has 0 heterocycles. The Morgan fingerprint density at radius 2 is 0.894 bits per heavy atom. The number of hydrogen-bond acceptors (Lipinski definition) is 6. The van der Waals surface area contributed by atoms with E-state index in [1.54, 1.807) is 66.7 Å². The first-order chi connectivity index (χ1) is 22.9. The maximum absolute atomic E-state index is 14.3. The van der Waals surface area contributed by atoms with Gasteiger partial charge in [0.2, 0.25) is 0 Å². The molecule has 8 rings (SSSR count). The van der Waals surface area contributed by atoms with E-state index in [9.17, 15) is 19.2 Å². The van der Waals surface area contributed by atoms with Crippen LogP contribution >= 0.6 is 0 Å². The Balaban J connectivity index is 1.31. The lowest BCUT2D eigenvalue weighted by Crippen LogP contribution is -2.29. The van der Waals surface area contributed by atoms with E-state index in [4.69, 9.17) is 9.47 Å². The summed E-state index contributed by atoms with van der Waals surface area (Å²) in [6.45, 7) is 1.85. The van der Waals surface area contributed by atoms with Crippen LogP contribution in [0.3, 0.4) is 0 Å². The van der Waals surface area contributed by atoms with E-state index >= 15 is 0 Å². The van der Waals surface area contributed by atoms with E-state index < -0.39 is 23.5 Å². The molecule has 224 valence electrons. The molecule has 0 spiro atoms. The highest BCUT2D eigenvalue weighted by atomic mass is 16.5. The maximum atomic E-state index is 14.3. The van der Waals surface area contributed by atoms with E-state index in [1.807, 2.05) is 67.6 Å². The van der Waals surface area contributed by atoms with E-state index in [0.29, 0.717) is 11.1 Å². The summed E-state index contributed by atoms with van der Waals surface area (Å²) in [5.41, 5.74) is 2.17. The van der Waals surface area contributed by atoms with Gasteiger partial charge in [0, 0.05) is 22.3 Å². The molecule has 0 aliphatic heterocycles. The van der Waals surface area contributed by atoms with Crippen LogP contribution in [0.4, 0.5) is 0 Å². The van der Waals surface area contributed by atoms with Gasteiger partial charge in [-0.3, -0.25) is 9.59 Å². The molecular weight excluding hydrogens is 588 g/mol. The zero-order chi connectivity index (χ0) is 32.2. The van der Waals surface area contributed by atoms with Gasteiger partial charge in [0.25, 0.3) is 0 Å². The fraction of sp³-hybridized carbons (Fsp3) is 0.0244. The third kappa shape index (κ3) is 4.66. The largest absolute Gasteiger partial charge is 0.421 e. The van der Waals surface area contributed by atoms with Gasteiger partial charge in [-0.25, -0.2) is 9.59 Å². The van der Waals surface area contributed by atoms with Crippen molar-refractivity contribution in [3.8, 4) is 0 Å². The average molecular weight is 613 g/mol.